The average Bonchev–Trinajstić information content (AvgIpc) is 2.57. The van der Waals surface area contributed by atoms with E-state index in [1.165, 1.54) is 11.1 Å². The first-order chi connectivity index (χ1) is 12.3. The number of aryl methyl sites for hydroxylation is 2. The molecule has 2 aromatic carbocycles. The van der Waals surface area contributed by atoms with Crippen LogP contribution in [0.25, 0.3) is 0 Å². The van der Waals surface area contributed by atoms with Crippen LogP contribution in [0.3, 0.4) is 0 Å². The molecule has 0 aliphatic carbocycles. The molecule has 0 fully saturated rings. The molecule has 2 aromatic rings. The Morgan fingerprint density at radius 1 is 1.12 bits per heavy atom. The van der Waals surface area contributed by atoms with Crippen molar-refractivity contribution in [2.24, 2.45) is 0 Å². The molecule has 1 amide bonds. The largest absolute Gasteiger partial charge is 0.494 e. The SMILES string of the molecule is Cc1ccc(OCCCNc2ccc3c(c2)S(=O)(=O)CC(=O)N3)cc1C. The van der Waals surface area contributed by atoms with Crippen molar-refractivity contribution in [1.29, 1.82) is 0 Å². The van der Waals surface area contributed by atoms with Gasteiger partial charge in [-0.2, -0.15) is 0 Å². The molecule has 0 saturated carbocycles. The lowest BCUT2D eigenvalue weighted by Gasteiger charge is -2.18. The zero-order valence-electron chi connectivity index (χ0n) is 14.8. The number of carbonyl (C=O) groups excluding carboxylic acids is 1. The second kappa shape index (κ2) is 7.37. The smallest absolute Gasteiger partial charge is 0.239 e. The Bertz CT molecular complexity index is 939. The van der Waals surface area contributed by atoms with E-state index < -0.39 is 21.5 Å². The van der Waals surface area contributed by atoms with E-state index >= 15 is 0 Å². The van der Waals surface area contributed by atoms with Crippen LogP contribution in [0.4, 0.5) is 11.4 Å². The maximum Gasteiger partial charge on any atom is 0.239 e. The summed E-state index contributed by atoms with van der Waals surface area (Å²) in [7, 11) is -3.57. The second-order valence-electron chi connectivity index (χ2n) is 6.39. The van der Waals surface area contributed by atoms with Gasteiger partial charge in [-0.3, -0.25) is 4.79 Å². The number of carbonyl (C=O) groups is 1. The number of benzene rings is 2. The first-order valence-electron chi connectivity index (χ1n) is 8.46. The Morgan fingerprint density at radius 3 is 2.69 bits per heavy atom. The Kier molecular flexibility index (Phi) is 5.18. The molecule has 26 heavy (non-hydrogen) atoms. The van der Waals surface area contributed by atoms with Crippen molar-refractivity contribution in [2.75, 3.05) is 29.5 Å². The molecule has 0 radical (unpaired) electrons. The van der Waals surface area contributed by atoms with Gasteiger partial charge in [-0.15, -0.1) is 0 Å². The first kappa shape index (κ1) is 18.3. The van der Waals surface area contributed by atoms with E-state index in [4.69, 9.17) is 4.74 Å². The number of ether oxygens (including phenoxy) is 1. The summed E-state index contributed by atoms with van der Waals surface area (Å²) in [6.07, 6.45) is 0.771. The molecule has 0 bridgehead atoms. The molecule has 6 nitrogen and oxygen atoms in total. The van der Waals surface area contributed by atoms with Crippen LogP contribution in [0.15, 0.2) is 41.3 Å². The van der Waals surface area contributed by atoms with E-state index in [-0.39, 0.29) is 4.90 Å². The quantitative estimate of drug-likeness (QED) is 0.760. The highest BCUT2D eigenvalue weighted by Gasteiger charge is 2.28. The third kappa shape index (κ3) is 4.16. The molecular formula is C19H22N2O4S. The van der Waals surface area contributed by atoms with Crippen molar-refractivity contribution in [2.45, 2.75) is 25.2 Å². The molecule has 1 aliphatic heterocycles. The van der Waals surface area contributed by atoms with Crippen molar-refractivity contribution in [3.05, 3.63) is 47.5 Å². The number of amides is 1. The van der Waals surface area contributed by atoms with Gasteiger partial charge < -0.3 is 15.4 Å². The third-order valence-corrected chi connectivity index (χ3v) is 5.96. The number of hydrogen-bond donors (Lipinski definition) is 2. The maximum atomic E-state index is 12.1. The van der Waals surface area contributed by atoms with Crippen molar-refractivity contribution >= 4 is 27.1 Å². The van der Waals surface area contributed by atoms with Crippen LogP contribution < -0.4 is 15.4 Å². The fourth-order valence-electron chi connectivity index (χ4n) is 2.73. The molecule has 7 heteroatoms. The molecule has 1 heterocycles. The number of fused-ring (bicyclic) bond motifs is 1. The molecule has 0 atom stereocenters. The predicted octanol–water partition coefficient (Wildman–Crippen LogP) is 2.91. The normalized spacial score (nSPS) is 15.1. The van der Waals surface area contributed by atoms with Crippen LogP contribution in [-0.4, -0.2) is 33.2 Å². The fraction of sp³-hybridized carbons (Fsp3) is 0.316. The topological polar surface area (TPSA) is 84.5 Å². The molecule has 0 saturated heterocycles. The van der Waals surface area contributed by atoms with Crippen molar-refractivity contribution in [3.8, 4) is 5.75 Å². The van der Waals surface area contributed by atoms with E-state index in [0.29, 0.717) is 24.5 Å². The van der Waals surface area contributed by atoms with Crippen LogP contribution in [0, 0.1) is 13.8 Å². The summed E-state index contributed by atoms with van der Waals surface area (Å²) >= 11 is 0. The Labute approximate surface area is 153 Å². The van der Waals surface area contributed by atoms with E-state index in [9.17, 15) is 13.2 Å². The highest BCUT2D eigenvalue weighted by molar-refractivity contribution is 7.92. The summed E-state index contributed by atoms with van der Waals surface area (Å²) in [5.74, 6) is -0.154. The standard InChI is InChI=1S/C19H22N2O4S/c1-13-4-6-16(10-14(13)2)25-9-3-8-20-15-5-7-17-18(11-15)26(23,24)12-19(22)21-17/h4-7,10-11,20H,3,8-9,12H2,1-2H3,(H,21,22). The average molecular weight is 374 g/mol. The lowest BCUT2D eigenvalue weighted by Crippen LogP contribution is -2.29. The molecule has 0 unspecified atom stereocenters. The number of rotatable bonds is 6. The van der Waals surface area contributed by atoms with Crippen LogP contribution in [0.1, 0.15) is 17.5 Å². The van der Waals surface area contributed by atoms with E-state index in [2.05, 4.69) is 24.5 Å². The highest BCUT2D eigenvalue weighted by Crippen LogP contribution is 2.29. The minimum Gasteiger partial charge on any atom is -0.494 e. The summed E-state index contributed by atoms with van der Waals surface area (Å²) in [5.41, 5.74) is 3.47. The van der Waals surface area contributed by atoms with Gasteiger partial charge in [0.15, 0.2) is 9.84 Å². The van der Waals surface area contributed by atoms with E-state index in [1.807, 2.05) is 18.2 Å². The molecule has 3 rings (SSSR count). The maximum absolute atomic E-state index is 12.1. The van der Waals surface area contributed by atoms with Gasteiger partial charge >= 0.3 is 0 Å². The zero-order chi connectivity index (χ0) is 18.7. The second-order valence-corrected chi connectivity index (χ2v) is 8.35. The van der Waals surface area contributed by atoms with Gasteiger partial charge in [-0.05, 0) is 61.7 Å². The number of anilines is 2. The first-order valence-corrected chi connectivity index (χ1v) is 10.1. The van der Waals surface area contributed by atoms with Gasteiger partial charge in [0.2, 0.25) is 5.91 Å². The van der Waals surface area contributed by atoms with Gasteiger partial charge in [0, 0.05) is 12.2 Å². The number of hydrogen-bond acceptors (Lipinski definition) is 5. The summed E-state index contributed by atoms with van der Waals surface area (Å²) in [6, 6.07) is 10.9. The van der Waals surface area contributed by atoms with E-state index in [1.54, 1.807) is 18.2 Å². The predicted molar refractivity (Wildman–Crippen MR) is 102 cm³/mol. The molecular weight excluding hydrogens is 352 g/mol. The summed E-state index contributed by atoms with van der Waals surface area (Å²) in [4.78, 5) is 11.6. The minimum absolute atomic E-state index is 0.161. The van der Waals surface area contributed by atoms with Gasteiger partial charge in [0.05, 0.1) is 17.2 Å². The third-order valence-electron chi connectivity index (χ3n) is 4.31. The van der Waals surface area contributed by atoms with E-state index in [0.717, 1.165) is 12.2 Å². The Morgan fingerprint density at radius 2 is 1.92 bits per heavy atom. The number of sulfone groups is 1. The summed E-state index contributed by atoms with van der Waals surface area (Å²) in [5, 5.41) is 5.77. The summed E-state index contributed by atoms with van der Waals surface area (Å²) in [6.45, 7) is 5.33. The number of nitrogens with one attached hydrogen (secondary N) is 2. The van der Waals surface area contributed by atoms with Crippen LogP contribution >= 0.6 is 0 Å². The van der Waals surface area contributed by atoms with Gasteiger partial charge in [0.1, 0.15) is 11.5 Å². The lowest BCUT2D eigenvalue weighted by molar-refractivity contribution is -0.114. The highest BCUT2D eigenvalue weighted by atomic mass is 32.2. The van der Waals surface area contributed by atoms with Gasteiger partial charge in [-0.1, -0.05) is 6.07 Å². The monoisotopic (exact) mass is 374 g/mol. The minimum atomic E-state index is -3.57. The molecule has 0 aromatic heterocycles. The molecule has 2 N–H and O–H groups in total. The van der Waals surface area contributed by atoms with Crippen molar-refractivity contribution in [3.63, 3.8) is 0 Å². The van der Waals surface area contributed by atoms with Crippen LogP contribution in [0.2, 0.25) is 0 Å². The van der Waals surface area contributed by atoms with Crippen molar-refractivity contribution < 1.29 is 17.9 Å². The lowest BCUT2D eigenvalue weighted by atomic mass is 10.1. The Hall–Kier alpha value is -2.54. The van der Waals surface area contributed by atoms with Crippen molar-refractivity contribution in [1.82, 2.24) is 0 Å². The Balaban J connectivity index is 1.53. The fourth-order valence-corrected chi connectivity index (χ4v) is 4.06. The molecule has 0 spiro atoms. The zero-order valence-corrected chi connectivity index (χ0v) is 15.7. The van der Waals surface area contributed by atoms with Gasteiger partial charge in [0.25, 0.3) is 0 Å². The van der Waals surface area contributed by atoms with Gasteiger partial charge in [-0.25, -0.2) is 8.42 Å². The van der Waals surface area contributed by atoms with Crippen LogP contribution in [-0.2, 0) is 14.6 Å². The van der Waals surface area contributed by atoms with Crippen LogP contribution in [0.5, 0.6) is 5.75 Å². The molecule has 138 valence electrons. The molecule has 1 aliphatic rings. The summed E-state index contributed by atoms with van der Waals surface area (Å²) < 4.78 is 30.0.